The van der Waals surface area contributed by atoms with E-state index < -0.39 is 15.3 Å². The maximum atomic E-state index is 11.9. The second kappa shape index (κ2) is 8.26. The van der Waals surface area contributed by atoms with Crippen LogP contribution < -0.4 is 10.0 Å². The van der Waals surface area contributed by atoms with Gasteiger partial charge in [0.2, 0.25) is 10.0 Å². The molecule has 0 saturated carbocycles. The Labute approximate surface area is 110 Å². The summed E-state index contributed by atoms with van der Waals surface area (Å²) in [6.07, 6.45) is 2.48. The lowest BCUT2D eigenvalue weighted by Crippen LogP contribution is -2.48. The Morgan fingerprint density at radius 3 is 2.76 bits per heavy atom. The van der Waals surface area contributed by atoms with Crippen molar-refractivity contribution in [2.45, 2.75) is 37.5 Å². The van der Waals surface area contributed by atoms with E-state index in [-0.39, 0.29) is 18.4 Å². The number of halogens is 1. The highest BCUT2D eigenvalue weighted by molar-refractivity contribution is 7.90. The van der Waals surface area contributed by atoms with Crippen LogP contribution in [0.5, 0.6) is 0 Å². The molecule has 2 N–H and O–H groups in total. The molecule has 0 aliphatic carbocycles. The average molecular weight is 287 g/mol. The van der Waals surface area contributed by atoms with E-state index in [0.29, 0.717) is 13.0 Å². The van der Waals surface area contributed by atoms with Crippen LogP contribution in [0.4, 0.5) is 0 Å². The first-order valence-electron chi connectivity index (χ1n) is 5.77. The van der Waals surface area contributed by atoms with Crippen LogP contribution in [0.15, 0.2) is 0 Å². The molecule has 2 atom stereocenters. The monoisotopic (exact) mass is 286 g/mol. The first-order valence-corrected chi connectivity index (χ1v) is 7.31. The van der Waals surface area contributed by atoms with Gasteiger partial charge >= 0.3 is 0 Å². The van der Waals surface area contributed by atoms with Crippen molar-refractivity contribution in [1.29, 1.82) is 0 Å². The van der Waals surface area contributed by atoms with Crippen molar-refractivity contribution in [1.82, 2.24) is 10.0 Å². The van der Waals surface area contributed by atoms with Crippen molar-refractivity contribution < 1.29 is 13.2 Å². The Hall–Kier alpha value is 0.120. The maximum Gasteiger partial charge on any atom is 0.214 e. The molecule has 1 heterocycles. The normalized spacial score (nSPS) is 22.8. The molecule has 1 aliphatic heterocycles. The molecule has 104 valence electrons. The number of methoxy groups -OCH3 is 1. The van der Waals surface area contributed by atoms with Gasteiger partial charge in [0, 0.05) is 26.3 Å². The highest BCUT2D eigenvalue weighted by atomic mass is 35.5. The second-order valence-electron chi connectivity index (χ2n) is 4.30. The Morgan fingerprint density at radius 2 is 2.24 bits per heavy atom. The molecule has 2 unspecified atom stereocenters. The number of hydrogen-bond donors (Lipinski definition) is 2. The molecule has 0 amide bonds. The summed E-state index contributed by atoms with van der Waals surface area (Å²) in [7, 11) is -1.62. The van der Waals surface area contributed by atoms with Crippen LogP contribution in [-0.2, 0) is 14.8 Å². The van der Waals surface area contributed by atoms with Crippen molar-refractivity contribution >= 4 is 22.4 Å². The summed E-state index contributed by atoms with van der Waals surface area (Å²) >= 11 is 0. The van der Waals surface area contributed by atoms with E-state index in [1.807, 2.05) is 0 Å². The molecule has 7 heteroatoms. The first kappa shape index (κ1) is 17.1. The topological polar surface area (TPSA) is 67.4 Å². The van der Waals surface area contributed by atoms with Gasteiger partial charge in [0.05, 0.1) is 5.25 Å². The van der Waals surface area contributed by atoms with Crippen molar-refractivity contribution in [3.8, 4) is 0 Å². The van der Waals surface area contributed by atoms with E-state index in [1.165, 1.54) is 0 Å². The van der Waals surface area contributed by atoms with Crippen molar-refractivity contribution in [3.63, 3.8) is 0 Å². The number of rotatable bonds is 6. The predicted octanol–water partition coefficient (Wildman–Crippen LogP) is 0.505. The Kier molecular flexibility index (Phi) is 8.32. The zero-order valence-electron chi connectivity index (χ0n) is 10.4. The van der Waals surface area contributed by atoms with Crippen LogP contribution >= 0.6 is 12.4 Å². The molecular weight excluding hydrogens is 264 g/mol. The van der Waals surface area contributed by atoms with Crippen LogP contribution in [0.3, 0.4) is 0 Å². The fourth-order valence-corrected chi connectivity index (χ4v) is 3.04. The van der Waals surface area contributed by atoms with Crippen LogP contribution in [0, 0.1) is 0 Å². The molecule has 0 spiro atoms. The summed E-state index contributed by atoms with van der Waals surface area (Å²) in [5.41, 5.74) is 0. The van der Waals surface area contributed by atoms with Gasteiger partial charge in [0.15, 0.2) is 0 Å². The second-order valence-corrected chi connectivity index (χ2v) is 6.43. The summed E-state index contributed by atoms with van der Waals surface area (Å²) in [6, 6.07) is 0.0451. The van der Waals surface area contributed by atoms with Crippen LogP contribution in [0.25, 0.3) is 0 Å². The molecule has 0 bridgehead atoms. The molecule has 0 aromatic heterocycles. The zero-order valence-corrected chi connectivity index (χ0v) is 12.1. The van der Waals surface area contributed by atoms with Gasteiger partial charge in [-0.2, -0.15) is 0 Å². The third kappa shape index (κ3) is 6.01. The third-order valence-corrected chi connectivity index (χ3v) is 4.84. The molecule has 0 aromatic rings. The SMILES string of the molecule is COCCC(C)S(=O)(=O)NC1CCCNC1.Cl. The number of ether oxygens (including phenoxy) is 1. The Morgan fingerprint density at radius 1 is 1.53 bits per heavy atom. The first-order chi connectivity index (χ1) is 7.56. The molecule has 1 saturated heterocycles. The fraction of sp³-hybridized carbons (Fsp3) is 1.00. The Bertz CT molecular complexity index is 292. The third-order valence-electron chi connectivity index (χ3n) is 2.89. The minimum Gasteiger partial charge on any atom is -0.385 e. The number of nitrogens with one attached hydrogen (secondary N) is 2. The van der Waals surface area contributed by atoms with Gasteiger partial charge in [0.1, 0.15) is 0 Å². The molecule has 1 rings (SSSR count). The summed E-state index contributed by atoms with van der Waals surface area (Å²) in [6.45, 7) is 3.91. The number of sulfonamides is 1. The van der Waals surface area contributed by atoms with Crippen LogP contribution in [0.2, 0.25) is 0 Å². The van der Waals surface area contributed by atoms with Gasteiger partial charge in [0.25, 0.3) is 0 Å². The van der Waals surface area contributed by atoms with E-state index in [4.69, 9.17) is 4.74 Å². The van der Waals surface area contributed by atoms with Gasteiger partial charge in [-0.25, -0.2) is 13.1 Å². The largest absolute Gasteiger partial charge is 0.385 e. The molecule has 1 fully saturated rings. The maximum absolute atomic E-state index is 11.9. The molecule has 0 radical (unpaired) electrons. The highest BCUT2D eigenvalue weighted by Crippen LogP contribution is 2.08. The highest BCUT2D eigenvalue weighted by Gasteiger charge is 2.24. The predicted molar refractivity (Wildman–Crippen MR) is 71.2 cm³/mol. The summed E-state index contributed by atoms with van der Waals surface area (Å²) in [5, 5.41) is 2.79. The van der Waals surface area contributed by atoms with E-state index in [2.05, 4.69) is 10.0 Å². The molecule has 17 heavy (non-hydrogen) atoms. The van der Waals surface area contributed by atoms with E-state index >= 15 is 0 Å². The molecule has 5 nitrogen and oxygen atoms in total. The summed E-state index contributed by atoms with van der Waals surface area (Å²) in [4.78, 5) is 0. The molecule has 0 aromatic carbocycles. The fourth-order valence-electron chi connectivity index (χ4n) is 1.74. The summed E-state index contributed by atoms with van der Waals surface area (Å²) < 4.78 is 31.5. The van der Waals surface area contributed by atoms with Crippen molar-refractivity contribution in [2.24, 2.45) is 0 Å². The Balaban J connectivity index is 0.00000256. The van der Waals surface area contributed by atoms with Gasteiger partial charge < -0.3 is 10.1 Å². The molecular formula is C10H23ClN2O3S. The van der Waals surface area contributed by atoms with E-state index in [0.717, 1.165) is 25.9 Å². The standard InChI is InChI=1S/C10H22N2O3S.ClH/c1-9(5-7-15-2)16(13,14)12-10-4-3-6-11-8-10;/h9-12H,3-8H2,1-2H3;1H. The zero-order chi connectivity index (χ0) is 12.0. The van der Waals surface area contributed by atoms with Crippen LogP contribution in [-0.4, -0.2) is 46.5 Å². The lowest BCUT2D eigenvalue weighted by Gasteiger charge is -2.25. The van der Waals surface area contributed by atoms with Gasteiger partial charge in [-0.05, 0) is 32.7 Å². The molecule has 1 aliphatic rings. The minimum absolute atomic E-state index is 0. The number of piperidine rings is 1. The average Bonchev–Trinajstić information content (AvgIpc) is 2.26. The minimum atomic E-state index is -3.20. The summed E-state index contributed by atoms with van der Waals surface area (Å²) in [5.74, 6) is 0. The lowest BCUT2D eigenvalue weighted by atomic mass is 10.1. The quantitative estimate of drug-likeness (QED) is 0.746. The van der Waals surface area contributed by atoms with Gasteiger partial charge in [-0.15, -0.1) is 12.4 Å². The smallest absolute Gasteiger partial charge is 0.214 e. The number of hydrogen-bond acceptors (Lipinski definition) is 4. The van der Waals surface area contributed by atoms with E-state index in [9.17, 15) is 8.42 Å². The van der Waals surface area contributed by atoms with Gasteiger partial charge in [-0.1, -0.05) is 0 Å². The van der Waals surface area contributed by atoms with Gasteiger partial charge in [-0.3, -0.25) is 0 Å². The van der Waals surface area contributed by atoms with E-state index in [1.54, 1.807) is 14.0 Å². The van der Waals surface area contributed by atoms with Crippen molar-refractivity contribution in [2.75, 3.05) is 26.8 Å². The van der Waals surface area contributed by atoms with Crippen LogP contribution in [0.1, 0.15) is 26.2 Å². The lowest BCUT2D eigenvalue weighted by molar-refractivity contribution is 0.194. The van der Waals surface area contributed by atoms with Crippen molar-refractivity contribution in [3.05, 3.63) is 0 Å².